The summed E-state index contributed by atoms with van der Waals surface area (Å²) in [6.07, 6.45) is 0. The van der Waals surface area contributed by atoms with Crippen LogP contribution in [0, 0.1) is 10.1 Å². The zero-order chi connectivity index (χ0) is 12.8. The summed E-state index contributed by atoms with van der Waals surface area (Å²) in [6.45, 7) is 1.79. The first-order valence-corrected chi connectivity index (χ1v) is 5.19. The molecule has 0 saturated carbocycles. The Morgan fingerprint density at radius 3 is 2.53 bits per heavy atom. The number of nitrogens with zero attached hydrogens (tertiary/aromatic N) is 1. The summed E-state index contributed by atoms with van der Waals surface area (Å²) in [4.78, 5) is 21.5. The van der Waals surface area contributed by atoms with E-state index in [1.165, 1.54) is 12.1 Å². The highest BCUT2D eigenvalue weighted by atomic mass is 16.6. The van der Waals surface area contributed by atoms with E-state index >= 15 is 0 Å². The van der Waals surface area contributed by atoms with E-state index in [-0.39, 0.29) is 24.7 Å². The van der Waals surface area contributed by atoms with E-state index in [9.17, 15) is 14.9 Å². The molecule has 1 aromatic rings. The van der Waals surface area contributed by atoms with Crippen molar-refractivity contribution in [1.29, 1.82) is 0 Å². The molecule has 92 valence electrons. The third kappa shape index (κ3) is 3.53. The van der Waals surface area contributed by atoms with Crippen LogP contribution in [0.5, 0.6) is 0 Å². The van der Waals surface area contributed by atoms with Crippen LogP contribution in [-0.4, -0.2) is 29.1 Å². The summed E-state index contributed by atoms with van der Waals surface area (Å²) in [5.41, 5.74) is 0.697. The van der Waals surface area contributed by atoms with E-state index in [1.807, 2.05) is 0 Å². The number of aliphatic hydroxyl groups is 1. The van der Waals surface area contributed by atoms with Crippen molar-refractivity contribution in [3.05, 3.63) is 39.9 Å². The van der Waals surface area contributed by atoms with Gasteiger partial charge < -0.3 is 10.4 Å². The zero-order valence-corrected chi connectivity index (χ0v) is 9.42. The fraction of sp³-hybridized carbons (Fsp3) is 0.364. The molecule has 0 unspecified atom stereocenters. The molecule has 1 amide bonds. The molecule has 6 heteroatoms. The molecule has 17 heavy (non-hydrogen) atoms. The Morgan fingerprint density at radius 1 is 1.47 bits per heavy atom. The molecular weight excluding hydrogens is 224 g/mol. The predicted molar refractivity (Wildman–Crippen MR) is 61.6 cm³/mol. The number of rotatable bonds is 5. The summed E-state index contributed by atoms with van der Waals surface area (Å²) < 4.78 is 0. The third-order valence-electron chi connectivity index (χ3n) is 2.41. The van der Waals surface area contributed by atoms with E-state index in [0.29, 0.717) is 5.56 Å². The number of benzene rings is 1. The zero-order valence-electron chi connectivity index (χ0n) is 9.42. The molecule has 1 atom stereocenters. The van der Waals surface area contributed by atoms with Crippen LogP contribution in [0.25, 0.3) is 0 Å². The molecule has 0 bridgehead atoms. The minimum absolute atomic E-state index is 0.00304. The van der Waals surface area contributed by atoms with Gasteiger partial charge in [-0.1, -0.05) is 12.1 Å². The van der Waals surface area contributed by atoms with Crippen LogP contribution in [0.3, 0.4) is 0 Å². The first-order valence-electron chi connectivity index (χ1n) is 5.19. The van der Waals surface area contributed by atoms with Crippen molar-refractivity contribution in [3.63, 3.8) is 0 Å². The van der Waals surface area contributed by atoms with Crippen LogP contribution in [0.1, 0.15) is 18.4 Å². The fourth-order valence-electron chi connectivity index (χ4n) is 1.37. The Morgan fingerprint density at radius 2 is 2.06 bits per heavy atom. The van der Waals surface area contributed by atoms with Gasteiger partial charge in [0.05, 0.1) is 17.4 Å². The van der Waals surface area contributed by atoms with Crippen molar-refractivity contribution < 1.29 is 14.8 Å². The molecule has 0 heterocycles. The summed E-state index contributed by atoms with van der Waals surface area (Å²) in [5.74, 6) is -0.616. The van der Waals surface area contributed by atoms with Crippen molar-refractivity contribution in [1.82, 2.24) is 5.32 Å². The lowest BCUT2D eigenvalue weighted by Crippen LogP contribution is -2.30. The van der Waals surface area contributed by atoms with Gasteiger partial charge in [-0.3, -0.25) is 14.9 Å². The quantitative estimate of drug-likeness (QED) is 0.586. The number of nitro benzene ring substituents is 1. The second kappa shape index (κ2) is 5.95. The van der Waals surface area contributed by atoms with E-state index in [2.05, 4.69) is 5.32 Å². The second-order valence-corrected chi connectivity index (χ2v) is 3.58. The number of amides is 1. The maximum absolute atomic E-state index is 11.6. The van der Waals surface area contributed by atoms with Crippen molar-refractivity contribution in [3.8, 4) is 0 Å². The lowest BCUT2D eigenvalue weighted by Gasteiger charge is -2.11. The standard InChI is InChI=1S/C11H14N2O4/c1-8(11(15)12-6-7-14)9-2-4-10(5-3-9)13(16)17/h2-5,8,14H,6-7H2,1H3,(H,12,15)/t8-/m1/s1. The molecule has 0 aliphatic carbocycles. The minimum atomic E-state index is -0.486. The fourth-order valence-corrected chi connectivity index (χ4v) is 1.37. The van der Waals surface area contributed by atoms with Crippen LogP contribution in [0.15, 0.2) is 24.3 Å². The van der Waals surface area contributed by atoms with Gasteiger partial charge in [0.2, 0.25) is 5.91 Å². The van der Waals surface area contributed by atoms with Crippen molar-refractivity contribution in [2.24, 2.45) is 0 Å². The van der Waals surface area contributed by atoms with Gasteiger partial charge in [-0.15, -0.1) is 0 Å². The molecule has 0 spiro atoms. The number of nitro groups is 1. The van der Waals surface area contributed by atoms with Crippen molar-refractivity contribution in [2.45, 2.75) is 12.8 Å². The molecular formula is C11H14N2O4. The van der Waals surface area contributed by atoms with Gasteiger partial charge in [-0.05, 0) is 12.5 Å². The molecule has 0 aliphatic rings. The Labute approximate surface area is 98.4 Å². The van der Waals surface area contributed by atoms with Gasteiger partial charge in [0.1, 0.15) is 0 Å². The SMILES string of the molecule is C[C@@H](C(=O)NCCO)c1ccc([N+](=O)[O-])cc1. The number of non-ortho nitro benzene ring substituents is 1. The maximum atomic E-state index is 11.6. The molecule has 0 radical (unpaired) electrons. The molecule has 0 aromatic heterocycles. The first kappa shape index (κ1) is 13.1. The van der Waals surface area contributed by atoms with E-state index in [1.54, 1.807) is 19.1 Å². The van der Waals surface area contributed by atoms with Crippen LogP contribution in [0.4, 0.5) is 5.69 Å². The normalized spacial score (nSPS) is 11.9. The Balaban J connectivity index is 2.72. The van der Waals surface area contributed by atoms with Gasteiger partial charge in [-0.2, -0.15) is 0 Å². The summed E-state index contributed by atoms with van der Waals surface area (Å²) in [5, 5.41) is 21.6. The van der Waals surface area contributed by atoms with Crippen LogP contribution in [-0.2, 0) is 4.79 Å². The predicted octanol–water partition coefficient (Wildman–Crippen LogP) is 0.807. The monoisotopic (exact) mass is 238 g/mol. The Kier molecular flexibility index (Phi) is 4.59. The molecule has 2 N–H and O–H groups in total. The lowest BCUT2D eigenvalue weighted by molar-refractivity contribution is -0.384. The highest BCUT2D eigenvalue weighted by molar-refractivity contribution is 5.83. The van der Waals surface area contributed by atoms with Crippen LogP contribution < -0.4 is 5.32 Å². The average molecular weight is 238 g/mol. The molecule has 0 fully saturated rings. The van der Waals surface area contributed by atoms with Gasteiger partial charge >= 0.3 is 0 Å². The van der Waals surface area contributed by atoms with Crippen molar-refractivity contribution >= 4 is 11.6 Å². The van der Waals surface area contributed by atoms with Gasteiger partial charge in [0, 0.05) is 18.7 Å². The lowest BCUT2D eigenvalue weighted by atomic mass is 10.0. The van der Waals surface area contributed by atoms with E-state index in [0.717, 1.165) is 0 Å². The molecule has 6 nitrogen and oxygen atoms in total. The Bertz CT molecular complexity index is 402. The number of hydrogen-bond acceptors (Lipinski definition) is 4. The number of hydrogen-bond donors (Lipinski definition) is 2. The largest absolute Gasteiger partial charge is 0.395 e. The van der Waals surface area contributed by atoms with Gasteiger partial charge in [-0.25, -0.2) is 0 Å². The molecule has 1 aromatic carbocycles. The summed E-state index contributed by atoms with van der Waals surface area (Å²) in [7, 11) is 0. The topological polar surface area (TPSA) is 92.5 Å². The van der Waals surface area contributed by atoms with Crippen LogP contribution >= 0.6 is 0 Å². The average Bonchev–Trinajstić information content (AvgIpc) is 2.35. The Hall–Kier alpha value is -1.95. The summed E-state index contributed by atoms with van der Waals surface area (Å²) >= 11 is 0. The second-order valence-electron chi connectivity index (χ2n) is 3.58. The maximum Gasteiger partial charge on any atom is 0.269 e. The number of carbonyl (C=O) groups is 1. The number of nitrogens with one attached hydrogen (secondary N) is 1. The number of carbonyl (C=O) groups excluding carboxylic acids is 1. The smallest absolute Gasteiger partial charge is 0.269 e. The van der Waals surface area contributed by atoms with Crippen molar-refractivity contribution in [2.75, 3.05) is 13.2 Å². The molecule has 0 aliphatic heterocycles. The van der Waals surface area contributed by atoms with Gasteiger partial charge in [0.15, 0.2) is 0 Å². The first-order chi connectivity index (χ1) is 8.06. The minimum Gasteiger partial charge on any atom is -0.395 e. The third-order valence-corrected chi connectivity index (χ3v) is 2.41. The highest BCUT2D eigenvalue weighted by Crippen LogP contribution is 2.19. The van der Waals surface area contributed by atoms with Crippen LogP contribution in [0.2, 0.25) is 0 Å². The number of aliphatic hydroxyl groups excluding tert-OH is 1. The van der Waals surface area contributed by atoms with Gasteiger partial charge in [0.25, 0.3) is 5.69 Å². The summed E-state index contributed by atoms with van der Waals surface area (Å²) in [6, 6.07) is 5.85. The van der Waals surface area contributed by atoms with E-state index in [4.69, 9.17) is 5.11 Å². The molecule has 0 saturated heterocycles. The highest BCUT2D eigenvalue weighted by Gasteiger charge is 2.15. The molecule has 1 rings (SSSR count). The van der Waals surface area contributed by atoms with E-state index < -0.39 is 10.8 Å².